The number of aliphatic carboxylic acids is 2. The fourth-order valence-electron chi connectivity index (χ4n) is 3.74. The number of nitrogens with two attached hydrogens (primary N) is 2. The summed E-state index contributed by atoms with van der Waals surface area (Å²) in [7, 11) is 0. The van der Waals surface area contributed by atoms with Crippen molar-refractivity contribution in [1.29, 1.82) is 0 Å². The number of primary amides is 1. The van der Waals surface area contributed by atoms with Gasteiger partial charge in [-0.05, 0) is 30.1 Å². The second kappa shape index (κ2) is 14.7. The van der Waals surface area contributed by atoms with Crippen LogP contribution in [0.5, 0.6) is 0 Å². The lowest BCUT2D eigenvalue weighted by molar-refractivity contribution is -0.147. The van der Waals surface area contributed by atoms with Crippen LogP contribution in [-0.4, -0.2) is 86.9 Å². The average molecular weight is 565 g/mol. The molecule has 1 aromatic carbocycles. The summed E-state index contributed by atoms with van der Waals surface area (Å²) in [6.45, 7) is 0. The van der Waals surface area contributed by atoms with Crippen LogP contribution in [0.15, 0.2) is 30.5 Å². The average Bonchev–Trinajstić information content (AvgIpc) is 3.27. The van der Waals surface area contributed by atoms with Crippen molar-refractivity contribution in [2.45, 2.75) is 49.9 Å². The van der Waals surface area contributed by atoms with Gasteiger partial charge in [0.1, 0.15) is 18.1 Å². The van der Waals surface area contributed by atoms with Crippen LogP contribution >= 0.6 is 11.8 Å². The molecule has 4 atom stereocenters. The van der Waals surface area contributed by atoms with E-state index in [1.165, 1.54) is 11.8 Å². The highest BCUT2D eigenvalue weighted by Crippen LogP contribution is 2.19. The number of para-hydroxylation sites is 1. The predicted octanol–water partition coefficient (Wildman–Crippen LogP) is -1.32. The van der Waals surface area contributed by atoms with Gasteiger partial charge in [-0.1, -0.05) is 18.2 Å². The van der Waals surface area contributed by atoms with Gasteiger partial charge >= 0.3 is 11.9 Å². The van der Waals surface area contributed by atoms with E-state index in [1.54, 1.807) is 18.5 Å². The maximum atomic E-state index is 13.4. The Labute approximate surface area is 227 Å². The maximum absolute atomic E-state index is 13.4. The van der Waals surface area contributed by atoms with Crippen molar-refractivity contribution in [1.82, 2.24) is 20.9 Å². The third-order valence-corrected chi connectivity index (χ3v) is 6.37. The van der Waals surface area contributed by atoms with Crippen LogP contribution in [0.4, 0.5) is 0 Å². The Morgan fingerprint density at radius 2 is 1.54 bits per heavy atom. The third-order valence-electron chi connectivity index (χ3n) is 5.73. The molecule has 0 saturated carbocycles. The van der Waals surface area contributed by atoms with Crippen LogP contribution in [0.2, 0.25) is 0 Å². The fraction of sp³-hybridized carbons (Fsp3) is 0.417. The number of benzene rings is 1. The van der Waals surface area contributed by atoms with Gasteiger partial charge in [0, 0.05) is 23.5 Å². The molecule has 0 spiro atoms. The highest BCUT2D eigenvalue weighted by molar-refractivity contribution is 7.98. The Balaban J connectivity index is 2.30. The molecule has 14 nitrogen and oxygen atoms in total. The summed E-state index contributed by atoms with van der Waals surface area (Å²) in [5, 5.41) is 26.2. The van der Waals surface area contributed by atoms with Crippen molar-refractivity contribution < 1.29 is 39.0 Å². The first-order valence-corrected chi connectivity index (χ1v) is 13.3. The van der Waals surface area contributed by atoms with Gasteiger partial charge < -0.3 is 42.6 Å². The van der Waals surface area contributed by atoms with Crippen molar-refractivity contribution in [2.24, 2.45) is 11.5 Å². The number of hydrogen-bond donors (Lipinski definition) is 8. The minimum absolute atomic E-state index is 0.0154. The number of carbonyl (C=O) groups is 6. The summed E-state index contributed by atoms with van der Waals surface area (Å²) in [4.78, 5) is 75.7. The van der Waals surface area contributed by atoms with Gasteiger partial charge in [0.05, 0.1) is 18.9 Å². The first kappa shape index (κ1) is 31.1. The van der Waals surface area contributed by atoms with Gasteiger partial charge in [0.2, 0.25) is 23.6 Å². The zero-order chi connectivity index (χ0) is 29.1. The monoisotopic (exact) mass is 564 g/mol. The van der Waals surface area contributed by atoms with Crippen LogP contribution in [0.25, 0.3) is 10.9 Å². The molecule has 15 heteroatoms. The van der Waals surface area contributed by atoms with E-state index in [1.807, 2.05) is 18.2 Å². The second-order valence-electron chi connectivity index (χ2n) is 8.74. The molecule has 0 radical (unpaired) electrons. The van der Waals surface area contributed by atoms with Crippen molar-refractivity contribution >= 4 is 58.2 Å². The molecule has 10 N–H and O–H groups in total. The largest absolute Gasteiger partial charge is 0.481 e. The van der Waals surface area contributed by atoms with Gasteiger partial charge in [-0.15, -0.1) is 0 Å². The molecular weight excluding hydrogens is 532 g/mol. The minimum atomic E-state index is -1.71. The Morgan fingerprint density at radius 3 is 2.15 bits per heavy atom. The molecule has 0 aliphatic heterocycles. The van der Waals surface area contributed by atoms with Crippen molar-refractivity contribution in [3.8, 4) is 0 Å². The molecule has 0 aliphatic rings. The van der Waals surface area contributed by atoms with Crippen LogP contribution < -0.4 is 27.4 Å². The molecule has 1 heterocycles. The number of H-pyrrole nitrogens is 1. The summed E-state index contributed by atoms with van der Waals surface area (Å²) >= 11 is 1.37. The molecule has 1 aromatic heterocycles. The Hall–Kier alpha value is -4.11. The number of nitrogens with one attached hydrogen (secondary N) is 4. The Kier molecular flexibility index (Phi) is 11.7. The molecule has 2 aromatic rings. The molecule has 0 aliphatic carbocycles. The number of hydrogen-bond acceptors (Lipinski definition) is 8. The van der Waals surface area contributed by atoms with Crippen molar-refractivity contribution in [3.05, 3.63) is 36.0 Å². The van der Waals surface area contributed by atoms with Crippen molar-refractivity contribution in [2.75, 3.05) is 12.0 Å². The molecular formula is C24H32N6O8S. The SMILES string of the molecule is CSCCC(NC(=O)C(Cc1c[nH]c2ccccc12)NC(=O)C(N)CC(N)=O)C(=O)NC(CC(=O)O)C(=O)O. The standard InChI is InChI=1S/C24H32N6O8S/c1-39-7-6-16(22(35)30-18(24(37)38)10-20(32)33)28-23(36)17(29-21(34)14(25)9-19(26)31)8-12-11-27-15-5-3-2-4-13(12)15/h2-5,11,14,16-18,27H,6-10,25H2,1H3,(H2,26,31)(H,28,36)(H,29,34)(H,30,35)(H,32,33)(H,37,38). The zero-order valence-electron chi connectivity index (χ0n) is 21.1. The normalized spacial score (nSPS) is 14.0. The number of amides is 4. The maximum Gasteiger partial charge on any atom is 0.326 e. The van der Waals surface area contributed by atoms with Crippen LogP contribution in [0.1, 0.15) is 24.8 Å². The molecule has 2 rings (SSSR count). The topological polar surface area (TPSA) is 247 Å². The molecule has 39 heavy (non-hydrogen) atoms. The second-order valence-corrected chi connectivity index (χ2v) is 9.73. The minimum Gasteiger partial charge on any atom is -0.481 e. The van der Waals surface area contributed by atoms with E-state index >= 15 is 0 Å². The van der Waals surface area contributed by atoms with E-state index < -0.39 is 72.6 Å². The number of carboxylic acid groups (broad SMARTS) is 2. The van der Waals surface area contributed by atoms with Crippen LogP contribution in [-0.2, 0) is 35.2 Å². The summed E-state index contributed by atoms with van der Waals surface area (Å²) in [5.74, 6) is -5.86. The van der Waals surface area contributed by atoms with Gasteiger partial charge in [0.15, 0.2) is 0 Å². The van der Waals surface area contributed by atoms with Gasteiger partial charge in [-0.25, -0.2) is 4.79 Å². The number of aromatic amines is 1. The molecule has 0 fully saturated rings. The van der Waals surface area contributed by atoms with E-state index in [2.05, 4.69) is 20.9 Å². The lowest BCUT2D eigenvalue weighted by Crippen LogP contribution is -2.58. The predicted molar refractivity (Wildman–Crippen MR) is 142 cm³/mol. The quantitative estimate of drug-likeness (QED) is 0.119. The highest BCUT2D eigenvalue weighted by atomic mass is 32.2. The first-order valence-electron chi connectivity index (χ1n) is 11.9. The first-order chi connectivity index (χ1) is 18.4. The Bertz CT molecular complexity index is 1220. The molecule has 4 unspecified atom stereocenters. The number of carbonyl (C=O) groups excluding carboxylic acids is 4. The molecule has 4 amide bonds. The highest BCUT2D eigenvalue weighted by Gasteiger charge is 2.31. The lowest BCUT2D eigenvalue weighted by Gasteiger charge is -2.25. The summed E-state index contributed by atoms with van der Waals surface area (Å²) in [6.07, 6.45) is 2.20. The zero-order valence-corrected chi connectivity index (χ0v) is 22.0. The summed E-state index contributed by atoms with van der Waals surface area (Å²) in [6, 6.07) is 1.77. The number of aromatic nitrogens is 1. The lowest BCUT2D eigenvalue weighted by atomic mass is 10.0. The summed E-state index contributed by atoms with van der Waals surface area (Å²) in [5.41, 5.74) is 12.3. The van der Waals surface area contributed by atoms with E-state index in [4.69, 9.17) is 16.6 Å². The summed E-state index contributed by atoms with van der Waals surface area (Å²) < 4.78 is 0. The van der Waals surface area contributed by atoms with E-state index in [0.29, 0.717) is 11.3 Å². The Morgan fingerprint density at radius 1 is 0.923 bits per heavy atom. The van der Waals surface area contributed by atoms with Gasteiger partial charge in [-0.2, -0.15) is 11.8 Å². The molecule has 0 saturated heterocycles. The van der Waals surface area contributed by atoms with E-state index in [-0.39, 0.29) is 12.8 Å². The number of carboxylic acids is 2. The van der Waals surface area contributed by atoms with Crippen molar-refractivity contribution in [3.63, 3.8) is 0 Å². The van der Waals surface area contributed by atoms with Gasteiger partial charge in [-0.3, -0.25) is 24.0 Å². The van der Waals surface area contributed by atoms with E-state index in [0.717, 1.165) is 10.9 Å². The smallest absolute Gasteiger partial charge is 0.326 e. The van der Waals surface area contributed by atoms with Crippen LogP contribution in [0, 0.1) is 0 Å². The number of thioether (sulfide) groups is 1. The van der Waals surface area contributed by atoms with E-state index in [9.17, 15) is 33.9 Å². The number of fused-ring (bicyclic) bond motifs is 1. The van der Waals surface area contributed by atoms with Gasteiger partial charge in [0.25, 0.3) is 0 Å². The molecule has 212 valence electrons. The van der Waals surface area contributed by atoms with Crippen LogP contribution in [0.3, 0.4) is 0 Å². The fourth-order valence-corrected chi connectivity index (χ4v) is 4.21. The third kappa shape index (κ3) is 9.61. The number of rotatable bonds is 16. The molecule has 0 bridgehead atoms.